The van der Waals surface area contributed by atoms with Crippen LogP contribution in [-0.2, 0) is 32.1 Å². The number of aromatic nitrogens is 1. The van der Waals surface area contributed by atoms with Gasteiger partial charge in [0.1, 0.15) is 29.7 Å². The molecule has 0 aliphatic carbocycles. The molecule has 5 rings (SSSR count). The lowest BCUT2D eigenvalue weighted by Crippen LogP contribution is -2.61. The van der Waals surface area contributed by atoms with Gasteiger partial charge in [0.05, 0.1) is 11.0 Å². The zero-order chi connectivity index (χ0) is 37.1. The average Bonchev–Trinajstić information content (AvgIpc) is 3.09. The summed E-state index contributed by atoms with van der Waals surface area (Å²) in [6.45, 7) is -1.19. The average molecular weight is 731 g/mol. The van der Waals surface area contributed by atoms with Crippen LogP contribution >= 0.6 is 11.6 Å². The molecule has 6 amide bonds. The van der Waals surface area contributed by atoms with E-state index in [1.165, 1.54) is 6.20 Å². The molecule has 51 heavy (non-hydrogen) atoms. The van der Waals surface area contributed by atoms with Crippen LogP contribution in [0, 0.1) is 11.6 Å². The van der Waals surface area contributed by atoms with Crippen molar-refractivity contribution in [3.05, 3.63) is 81.6 Å². The van der Waals surface area contributed by atoms with Crippen LogP contribution in [0.3, 0.4) is 0 Å². The first-order chi connectivity index (χ1) is 24.2. The Bertz CT molecular complexity index is 1940. The molecule has 0 saturated carbocycles. The van der Waals surface area contributed by atoms with E-state index in [1.807, 2.05) is 0 Å². The number of nitrogens with one attached hydrogen (secondary N) is 3. The number of urea groups is 1. The number of rotatable bonds is 9. The van der Waals surface area contributed by atoms with E-state index in [1.54, 1.807) is 18.3 Å². The van der Waals surface area contributed by atoms with E-state index in [0.29, 0.717) is 16.5 Å². The van der Waals surface area contributed by atoms with E-state index in [9.17, 15) is 57.9 Å². The number of nitrogens with zero attached hydrogens (tertiary/aromatic N) is 3. The van der Waals surface area contributed by atoms with Gasteiger partial charge in [-0.1, -0.05) is 23.7 Å². The van der Waals surface area contributed by atoms with Crippen LogP contribution in [0.15, 0.2) is 42.7 Å². The number of halogens is 3. The monoisotopic (exact) mass is 730 g/mol. The fourth-order valence-electron chi connectivity index (χ4n) is 5.30. The van der Waals surface area contributed by atoms with Crippen molar-refractivity contribution < 1.29 is 62.5 Å². The van der Waals surface area contributed by atoms with Crippen molar-refractivity contribution in [2.24, 2.45) is 0 Å². The van der Waals surface area contributed by atoms with Crippen LogP contribution in [0.5, 0.6) is 17.2 Å². The summed E-state index contributed by atoms with van der Waals surface area (Å²) in [6.07, 6.45) is 2.72. The molecule has 0 radical (unpaired) electrons. The van der Waals surface area contributed by atoms with Crippen molar-refractivity contribution in [1.82, 2.24) is 30.7 Å². The van der Waals surface area contributed by atoms with Crippen molar-refractivity contribution in [2.75, 3.05) is 19.6 Å². The lowest BCUT2D eigenvalue weighted by molar-refractivity contribution is -0.154. The number of piperazine rings is 1. The molecule has 0 bridgehead atoms. The standard InChI is InChI=1S/C30H26BClF2N6O11/c32-21-15(9-17(34)23(42)24(21)43)22(26(44)37-18-8-14-3-4-16(33)20(29(47)48)25(14)51-31(18)50)38-30(49)40-7-6-39(27(45)28(40)46)12-19(41)36-11-13-2-1-5-35-10-13/h1-5,9-10,18,22,42-43,50H,6-8,11-12H2,(H,36,41)(H,37,44)(H,38,49)(H,47,48)/t18-,22?/m0/s1. The van der Waals surface area contributed by atoms with Gasteiger partial charge in [-0.15, -0.1) is 0 Å². The van der Waals surface area contributed by atoms with Gasteiger partial charge in [0, 0.05) is 37.6 Å². The van der Waals surface area contributed by atoms with E-state index in [4.69, 9.17) is 16.3 Å². The highest BCUT2D eigenvalue weighted by molar-refractivity contribution is 6.47. The minimum absolute atomic E-state index is 0.0593. The number of phenolic OH excluding ortho intramolecular Hbond substituents is 2. The summed E-state index contributed by atoms with van der Waals surface area (Å²) in [5.74, 6) is -13.2. The predicted molar refractivity (Wildman–Crippen MR) is 168 cm³/mol. The first-order valence-electron chi connectivity index (χ1n) is 14.8. The highest BCUT2D eigenvalue weighted by Gasteiger charge is 2.42. The molecule has 21 heteroatoms. The Morgan fingerprint density at radius 1 is 1.08 bits per heavy atom. The molecule has 2 aliphatic rings. The molecule has 1 saturated heterocycles. The number of aromatic carboxylic acids is 1. The van der Waals surface area contributed by atoms with Crippen LogP contribution in [-0.4, -0.2) is 103 Å². The van der Waals surface area contributed by atoms with Crippen molar-refractivity contribution in [3.63, 3.8) is 0 Å². The number of benzene rings is 2. The van der Waals surface area contributed by atoms with Gasteiger partial charge >= 0.3 is 30.9 Å². The molecule has 17 nitrogen and oxygen atoms in total. The SMILES string of the molecule is O=C(CN1CCN(C(=O)NC(C(=O)N[C@H]2Cc3ccc(F)c(C(=O)O)c3OB2O)c2cc(F)c(O)c(O)c2Cl)C(=O)C1=O)NCc1cccnc1. The molecule has 266 valence electrons. The maximum absolute atomic E-state index is 14.6. The second-order valence-corrected chi connectivity index (χ2v) is 11.6. The molecule has 3 aromatic rings. The van der Waals surface area contributed by atoms with E-state index in [0.717, 1.165) is 17.0 Å². The number of carbonyl (C=O) groups excluding carboxylic acids is 5. The Morgan fingerprint density at radius 3 is 2.51 bits per heavy atom. The molecule has 2 atom stereocenters. The highest BCUT2D eigenvalue weighted by atomic mass is 35.5. The summed E-state index contributed by atoms with van der Waals surface area (Å²) in [4.78, 5) is 82.1. The van der Waals surface area contributed by atoms with Crippen molar-refractivity contribution in [1.29, 1.82) is 0 Å². The quantitative estimate of drug-likeness (QED) is 0.0874. The minimum Gasteiger partial charge on any atom is -0.534 e. The highest BCUT2D eigenvalue weighted by Crippen LogP contribution is 2.40. The Morgan fingerprint density at radius 2 is 1.82 bits per heavy atom. The summed E-state index contributed by atoms with van der Waals surface area (Å²) in [5.41, 5.74) is -0.773. The number of carboxylic acids is 1. The third-order valence-corrected chi connectivity index (χ3v) is 8.29. The molecule has 1 fully saturated rings. The van der Waals surface area contributed by atoms with Gasteiger partial charge in [0.15, 0.2) is 17.3 Å². The van der Waals surface area contributed by atoms with E-state index >= 15 is 0 Å². The van der Waals surface area contributed by atoms with E-state index in [-0.39, 0.29) is 25.1 Å². The lowest BCUT2D eigenvalue weighted by atomic mass is 9.72. The summed E-state index contributed by atoms with van der Waals surface area (Å²) in [7, 11) is -1.98. The molecular formula is C30H26BClF2N6O11. The van der Waals surface area contributed by atoms with Crippen LogP contribution in [0.1, 0.15) is 33.1 Å². The fourth-order valence-corrected chi connectivity index (χ4v) is 5.55. The minimum atomic E-state index is -2.08. The van der Waals surface area contributed by atoms with Crippen LogP contribution < -0.4 is 20.6 Å². The summed E-state index contributed by atoms with van der Waals surface area (Å²) in [6, 6.07) is 2.40. The third kappa shape index (κ3) is 7.60. The molecule has 2 aromatic carbocycles. The Labute approximate surface area is 290 Å². The predicted octanol–water partition coefficient (Wildman–Crippen LogP) is 0.000100. The largest absolute Gasteiger partial charge is 0.547 e. The van der Waals surface area contributed by atoms with Gasteiger partial charge in [0.25, 0.3) is 0 Å². The fraction of sp³-hybridized carbons (Fsp3) is 0.233. The van der Waals surface area contributed by atoms with Crippen LogP contribution in [0.25, 0.3) is 0 Å². The number of hydrogen-bond acceptors (Lipinski definition) is 11. The first kappa shape index (κ1) is 36.3. The van der Waals surface area contributed by atoms with Crippen molar-refractivity contribution in [3.8, 4) is 17.2 Å². The number of carbonyl (C=O) groups is 6. The lowest BCUT2D eigenvalue weighted by Gasteiger charge is -2.33. The van der Waals surface area contributed by atoms with Gasteiger partial charge in [-0.2, -0.15) is 0 Å². The van der Waals surface area contributed by atoms with E-state index in [2.05, 4.69) is 20.9 Å². The second kappa shape index (κ2) is 14.8. The van der Waals surface area contributed by atoms with Gasteiger partial charge in [-0.25, -0.2) is 18.4 Å². The summed E-state index contributed by atoms with van der Waals surface area (Å²) in [5, 5.41) is 46.1. The normalized spacial score (nSPS) is 16.2. The number of phenols is 2. The number of aromatic hydroxyl groups is 2. The summed E-state index contributed by atoms with van der Waals surface area (Å²) < 4.78 is 33.9. The second-order valence-electron chi connectivity index (χ2n) is 11.2. The van der Waals surface area contributed by atoms with E-state index < -0.39 is 113 Å². The molecule has 1 aromatic heterocycles. The van der Waals surface area contributed by atoms with Crippen LogP contribution in [0.2, 0.25) is 5.02 Å². The number of pyridine rings is 1. The number of hydrogen-bond donors (Lipinski definition) is 7. The first-order valence-corrected chi connectivity index (χ1v) is 15.2. The zero-order valence-corrected chi connectivity index (χ0v) is 26.7. The summed E-state index contributed by atoms with van der Waals surface area (Å²) >= 11 is 6.11. The van der Waals surface area contributed by atoms with Crippen molar-refractivity contribution >= 4 is 54.3 Å². The van der Waals surface area contributed by atoms with Gasteiger partial charge < -0.3 is 45.8 Å². The Hall–Kier alpha value is -6.02. The molecule has 3 heterocycles. The van der Waals surface area contributed by atoms with Gasteiger partial charge in [-0.3, -0.25) is 29.1 Å². The number of imide groups is 1. The number of carboxylic acid groups (broad SMARTS) is 1. The van der Waals surface area contributed by atoms with Crippen LogP contribution in [0.4, 0.5) is 13.6 Å². The molecular weight excluding hydrogens is 705 g/mol. The van der Waals surface area contributed by atoms with Gasteiger partial charge in [0.2, 0.25) is 11.8 Å². The van der Waals surface area contributed by atoms with Crippen molar-refractivity contribution in [2.45, 2.75) is 24.9 Å². The topological polar surface area (TPSA) is 248 Å². The molecule has 0 spiro atoms. The third-order valence-electron chi connectivity index (χ3n) is 7.89. The van der Waals surface area contributed by atoms with Gasteiger partial charge in [-0.05, 0) is 35.7 Å². The molecule has 1 unspecified atom stereocenters. The number of amides is 6. The maximum atomic E-state index is 14.6. The molecule has 2 aliphatic heterocycles. The maximum Gasteiger partial charge on any atom is 0.547 e. The molecule has 7 N–H and O–H groups in total. The smallest absolute Gasteiger partial charge is 0.534 e. The Balaban J connectivity index is 1.33. The number of fused-ring (bicyclic) bond motifs is 1. The Kier molecular flexibility index (Phi) is 10.6. The zero-order valence-electron chi connectivity index (χ0n) is 25.9.